The number of piperazine rings is 1. The van der Waals surface area contributed by atoms with Crippen molar-refractivity contribution in [2.24, 2.45) is 0 Å². The Hall–Kier alpha value is -3.81. The van der Waals surface area contributed by atoms with E-state index in [0.717, 1.165) is 78.5 Å². The minimum absolute atomic E-state index is 0.455. The normalized spacial score (nSPS) is 17.7. The lowest BCUT2D eigenvalue weighted by Gasteiger charge is -2.33. The number of hydrogen-bond donors (Lipinski definition) is 2. The standard InChI is InChI=1S/C29H31N7.C2H6/c1-20-18-31-16-17-35(20)19-21-9-11-23(12-10-21)36-28(24-8-5-15-32-27(24)30)34-26-14-13-25(33-29(26)36)22-6-3-2-4-7-22;1-2/h3,5-15,20,31H,2,4,16-19H2,1H3,(H2,30,32);1-2H3/t20-;/m0./s1. The molecule has 0 unspecified atom stereocenters. The molecule has 1 aliphatic carbocycles. The Kier molecular flexibility index (Phi) is 7.96. The Morgan fingerprint density at radius 3 is 2.61 bits per heavy atom. The summed E-state index contributed by atoms with van der Waals surface area (Å²) in [5, 5.41) is 3.47. The summed E-state index contributed by atoms with van der Waals surface area (Å²) in [5.41, 5.74) is 13.1. The molecule has 7 nitrogen and oxygen atoms in total. The summed E-state index contributed by atoms with van der Waals surface area (Å²) in [6.45, 7) is 10.4. The minimum atomic E-state index is 0.455. The van der Waals surface area contributed by atoms with Gasteiger partial charge in [0.05, 0.1) is 11.3 Å². The summed E-state index contributed by atoms with van der Waals surface area (Å²) in [6, 6.07) is 17.2. The van der Waals surface area contributed by atoms with E-state index in [2.05, 4.69) is 75.3 Å². The van der Waals surface area contributed by atoms with Gasteiger partial charge in [-0.1, -0.05) is 44.2 Å². The molecule has 1 fully saturated rings. The van der Waals surface area contributed by atoms with Crippen LogP contribution in [0.15, 0.2) is 73.0 Å². The molecule has 0 radical (unpaired) electrons. The molecule has 196 valence electrons. The molecule has 4 heterocycles. The molecule has 0 saturated carbocycles. The molecule has 4 aromatic rings. The van der Waals surface area contributed by atoms with Crippen molar-refractivity contribution < 1.29 is 0 Å². The van der Waals surface area contributed by atoms with E-state index in [9.17, 15) is 0 Å². The van der Waals surface area contributed by atoms with E-state index in [1.807, 2.05) is 32.0 Å². The number of nitrogens with two attached hydrogens (primary N) is 1. The van der Waals surface area contributed by atoms with Crippen LogP contribution in [-0.2, 0) is 6.54 Å². The van der Waals surface area contributed by atoms with Crippen molar-refractivity contribution in [1.82, 2.24) is 29.7 Å². The number of hydrogen-bond acceptors (Lipinski definition) is 6. The van der Waals surface area contributed by atoms with Crippen LogP contribution in [-0.4, -0.2) is 50.1 Å². The van der Waals surface area contributed by atoms with Gasteiger partial charge in [0.15, 0.2) is 11.5 Å². The zero-order valence-electron chi connectivity index (χ0n) is 22.6. The molecule has 38 heavy (non-hydrogen) atoms. The molecule has 7 heteroatoms. The predicted octanol–water partition coefficient (Wildman–Crippen LogP) is 5.62. The third kappa shape index (κ3) is 5.26. The number of fused-ring (bicyclic) bond motifs is 1. The molecule has 1 aliphatic heterocycles. The van der Waals surface area contributed by atoms with Crippen molar-refractivity contribution in [1.29, 1.82) is 0 Å². The zero-order valence-corrected chi connectivity index (χ0v) is 22.6. The molecule has 1 saturated heterocycles. The minimum Gasteiger partial charge on any atom is -0.383 e. The van der Waals surface area contributed by atoms with Crippen LogP contribution in [0.5, 0.6) is 0 Å². The van der Waals surface area contributed by atoms with Crippen molar-refractivity contribution in [2.45, 2.75) is 46.2 Å². The number of anilines is 1. The zero-order chi connectivity index (χ0) is 26.5. The number of aromatic nitrogens is 4. The van der Waals surface area contributed by atoms with Crippen molar-refractivity contribution in [3.8, 4) is 17.1 Å². The predicted molar refractivity (Wildman–Crippen MR) is 157 cm³/mol. The fraction of sp³-hybridized carbons (Fsp3) is 0.323. The third-order valence-electron chi connectivity index (χ3n) is 7.09. The molecule has 2 aliphatic rings. The largest absolute Gasteiger partial charge is 0.383 e. The Balaban J connectivity index is 0.00000144. The second kappa shape index (κ2) is 11.7. The first-order valence-electron chi connectivity index (χ1n) is 13.7. The lowest BCUT2D eigenvalue weighted by atomic mass is 10.0. The summed E-state index contributed by atoms with van der Waals surface area (Å²) in [5.74, 6) is 1.20. The van der Waals surface area contributed by atoms with Gasteiger partial charge in [-0.3, -0.25) is 9.47 Å². The smallest absolute Gasteiger partial charge is 0.165 e. The van der Waals surface area contributed by atoms with Gasteiger partial charge in [-0.2, -0.15) is 0 Å². The average molecular weight is 508 g/mol. The van der Waals surface area contributed by atoms with E-state index in [4.69, 9.17) is 15.7 Å². The number of allylic oxidation sites excluding steroid dienone is 4. The van der Waals surface area contributed by atoms with E-state index in [1.54, 1.807) is 6.20 Å². The SMILES string of the molecule is CC.C[C@H]1CNCCN1Cc1ccc(-n2c(-c3cccnc3N)nc3ccc(C4=CCCC=C4)nc32)cc1. The van der Waals surface area contributed by atoms with Crippen LogP contribution in [0.4, 0.5) is 5.82 Å². The Bertz CT molecular complexity index is 1450. The monoisotopic (exact) mass is 507 g/mol. The molecule has 0 bridgehead atoms. The molecule has 0 amide bonds. The fourth-order valence-corrected chi connectivity index (χ4v) is 5.06. The number of pyridine rings is 2. The summed E-state index contributed by atoms with van der Waals surface area (Å²) < 4.78 is 2.11. The van der Waals surface area contributed by atoms with Crippen molar-refractivity contribution in [3.05, 3.63) is 84.2 Å². The van der Waals surface area contributed by atoms with Crippen LogP contribution < -0.4 is 11.1 Å². The first-order chi connectivity index (χ1) is 18.7. The van der Waals surface area contributed by atoms with Gasteiger partial charge >= 0.3 is 0 Å². The summed E-state index contributed by atoms with van der Waals surface area (Å²) >= 11 is 0. The maximum atomic E-state index is 6.30. The lowest BCUT2D eigenvalue weighted by Crippen LogP contribution is -2.49. The number of nitrogens with zero attached hydrogens (tertiary/aromatic N) is 5. The molecular formula is C31H37N7. The van der Waals surface area contributed by atoms with Crippen LogP contribution >= 0.6 is 0 Å². The van der Waals surface area contributed by atoms with E-state index in [1.165, 1.54) is 5.56 Å². The molecule has 3 N–H and O–H groups in total. The molecular weight excluding hydrogens is 470 g/mol. The van der Waals surface area contributed by atoms with Gasteiger partial charge in [0.25, 0.3) is 0 Å². The Morgan fingerprint density at radius 2 is 1.87 bits per heavy atom. The average Bonchev–Trinajstić information content (AvgIpc) is 3.35. The summed E-state index contributed by atoms with van der Waals surface area (Å²) in [6.07, 6.45) is 10.4. The molecule has 1 aromatic carbocycles. The van der Waals surface area contributed by atoms with Gasteiger partial charge in [0, 0.05) is 44.1 Å². The highest BCUT2D eigenvalue weighted by atomic mass is 15.2. The van der Waals surface area contributed by atoms with Crippen molar-refractivity contribution in [2.75, 3.05) is 25.4 Å². The molecule has 1 atom stereocenters. The second-order valence-corrected chi connectivity index (χ2v) is 9.58. The van der Waals surface area contributed by atoms with Crippen LogP contribution in [0.2, 0.25) is 0 Å². The van der Waals surface area contributed by atoms with E-state index < -0.39 is 0 Å². The Morgan fingerprint density at radius 1 is 1.03 bits per heavy atom. The number of nitrogen functional groups attached to an aromatic ring is 1. The highest BCUT2D eigenvalue weighted by molar-refractivity contribution is 5.85. The van der Waals surface area contributed by atoms with Gasteiger partial charge in [0.1, 0.15) is 11.3 Å². The summed E-state index contributed by atoms with van der Waals surface area (Å²) in [4.78, 5) is 16.9. The first-order valence-corrected chi connectivity index (χ1v) is 13.7. The van der Waals surface area contributed by atoms with E-state index >= 15 is 0 Å². The lowest BCUT2D eigenvalue weighted by molar-refractivity contribution is 0.165. The van der Waals surface area contributed by atoms with Crippen molar-refractivity contribution in [3.63, 3.8) is 0 Å². The van der Waals surface area contributed by atoms with Gasteiger partial charge < -0.3 is 11.1 Å². The van der Waals surface area contributed by atoms with Crippen LogP contribution in [0, 0.1) is 0 Å². The van der Waals surface area contributed by atoms with Crippen LogP contribution in [0.3, 0.4) is 0 Å². The molecule has 3 aromatic heterocycles. The van der Waals surface area contributed by atoms with Gasteiger partial charge in [-0.15, -0.1) is 0 Å². The number of benzene rings is 1. The fourth-order valence-electron chi connectivity index (χ4n) is 5.06. The first kappa shape index (κ1) is 25.8. The summed E-state index contributed by atoms with van der Waals surface area (Å²) in [7, 11) is 0. The number of imidazole rings is 1. The number of rotatable bonds is 5. The molecule has 6 rings (SSSR count). The maximum Gasteiger partial charge on any atom is 0.165 e. The Labute approximate surface area is 225 Å². The van der Waals surface area contributed by atoms with Gasteiger partial charge in [0.2, 0.25) is 0 Å². The highest BCUT2D eigenvalue weighted by Gasteiger charge is 2.20. The third-order valence-corrected chi connectivity index (χ3v) is 7.09. The highest BCUT2D eigenvalue weighted by Crippen LogP contribution is 2.32. The van der Waals surface area contributed by atoms with E-state index in [-0.39, 0.29) is 0 Å². The van der Waals surface area contributed by atoms with Crippen molar-refractivity contribution >= 4 is 22.6 Å². The maximum absolute atomic E-state index is 6.30. The second-order valence-electron chi connectivity index (χ2n) is 9.58. The van der Waals surface area contributed by atoms with Gasteiger partial charge in [-0.05, 0) is 67.3 Å². The topological polar surface area (TPSA) is 84.9 Å². The molecule has 0 spiro atoms. The quantitative estimate of drug-likeness (QED) is 0.365. The van der Waals surface area contributed by atoms with Gasteiger partial charge in [-0.25, -0.2) is 15.0 Å². The number of nitrogens with one attached hydrogen (secondary N) is 1. The van der Waals surface area contributed by atoms with Crippen LogP contribution in [0.25, 0.3) is 33.8 Å². The van der Waals surface area contributed by atoms with E-state index in [0.29, 0.717) is 11.9 Å². The van der Waals surface area contributed by atoms with Crippen LogP contribution in [0.1, 0.15) is 44.9 Å².